The third-order valence-corrected chi connectivity index (χ3v) is 3.43. The summed E-state index contributed by atoms with van der Waals surface area (Å²) in [6, 6.07) is 5.09. The summed E-state index contributed by atoms with van der Waals surface area (Å²) in [4.78, 5) is 11.8. The minimum atomic E-state index is -0.273. The summed E-state index contributed by atoms with van der Waals surface area (Å²) in [6.07, 6.45) is 3.03. The molecular weight excluding hydrogens is 297 g/mol. The van der Waals surface area contributed by atoms with Crippen LogP contribution < -0.4 is 5.32 Å². The summed E-state index contributed by atoms with van der Waals surface area (Å²) in [5.74, 6) is 0.255. The Labute approximate surface area is 126 Å². The molecule has 0 fully saturated rings. The summed E-state index contributed by atoms with van der Waals surface area (Å²) in [6.45, 7) is 3.77. The Morgan fingerprint density at radius 1 is 1.35 bits per heavy atom. The van der Waals surface area contributed by atoms with Crippen LogP contribution in [0.4, 0.5) is 5.82 Å². The van der Waals surface area contributed by atoms with Gasteiger partial charge in [-0.25, -0.2) is 0 Å². The minimum absolute atomic E-state index is 0.273. The molecule has 0 aliphatic rings. The highest BCUT2D eigenvalue weighted by molar-refractivity contribution is 6.35. The van der Waals surface area contributed by atoms with Gasteiger partial charge in [0.2, 0.25) is 5.91 Å². The number of amides is 1. The number of aromatic amines is 1. The molecule has 0 radical (unpaired) electrons. The van der Waals surface area contributed by atoms with E-state index in [-0.39, 0.29) is 5.91 Å². The highest BCUT2D eigenvalue weighted by Gasteiger charge is 2.07. The lowest BCUT2D eigenvalue weighted by atomic mass is 10.2. The highest BCUT2D eigenvalue weighted by atomic mass is 35.5. The van der Waals surface area contributed by atoms with Gasteiger partial charge in [-0.15, -0.1) is 0 Å². The molecule has 6 heteroatoms. The molecule has 1 heterocycles. The van der Waals surface area contributed by atoms with E-state index in [0.717, 1.165) is 16.8 Å². The maximum Gasteiger partial charge on any atom is 0.249 e. The maximum absolute atomic E-state index is 11.8. The van der Waals surface area contributed by atoms with Gasteiger partial charge in [-0.1, -0.05) is 29.3 Å². The topological polar surface area (TPSA) is 57.8 Å². The summed E-state index contributed by atoms with van der Waals surface area (Å²) in [5.41, 5.74) is 2.56. The molecule has 4 nitrogen and oxygen atoms in total. The number of aromatic nitrogens is 2. The molecule has 1 aromatic carbocycles. The number of anilines is 1. The Kier molecular flexibility index (Phi) is 4.47. The Morgan fingerprint density at radius 3 is 2.70 bits per heavy atom. The van der Waals surface area contributed by atoms with Gasteiger partial charge in [0.15, 0.2) is 5.82 Å². The number of benzene rings is 1. The number of H-pyrrole nitrogens is 1. The van der Waals surface area contributed by atoms with Crippen LogP contribution in [-0.4, -0.2) is 16.1 Å². The molecular formula is C14H13Cl2N3O. The first-order valence-electron chi connectivity index (χ1n) is 5.93. The zero-order valence-corrected chi connectivity index (χ0v) is 12.5. The van der Waals surface area contributed by atoms with Crippen LogP contribution in [0, 0.1) is 13.8 Å². The second-order valence-electron chi connectivity index (χ2n) is 4.31. The summed E-state index contributed by atoms with van der Waals surface area (Å²) in [5, 5.41) is 10.6. The minimum Gasteiger partial charge on any atom is -0.305 e. The van der Waals surface area contributed by atoms with Crippen molar-refractivity contribution in [3.63, 3.8) is 0 Å². The van der Waals surface area contributed by atoms with Crippen molar-refractivity contribution >= 4 is 41.0 Å². The summed E-state index contributed by atoms with van der Waals surface area (Å²) >= 11 is 11.8. The first-order valence-corrected chi connectivity index (χ1v) is 6.68. The number of carbonyl (C=O) groups is 1. The van der Waals surface area contributed by atoms with Gasteiger partial charge < -0.3 is 5.32 Å². The van der Waals surface area contributed by atoms with E-state index < -0.39 is 0 Å². The van der Waals surface area contributed by atoms with E-state index in [2.05, 4.69) is 15.5 Å². The first-order chi connectivity index (χ1) is 9.47. The van der Waals surface area contributed by atoms with Crippen LogP contribution in [0.3, 0.4) is 0 Å². The van der Waals surface area contributed by atoms with Crippen molar-refractivity contribution in [3.05, 3.63) is 51.1 Å². The monoisotopic (exact) mass is 309 g/mol. The van der Waals surface area contributed by atoms with Crippen molar-refractivity contribution < 1.29 is 4.79 Å². The molecule has 1 amide bonds. The first kappa shape index (κ1) is 14.6. The molecule has 2 N–H and O–H groups in total. The van der Waals surface area contributed by atoms with Gasteiger partial charge in [0, 0.05) is 27.4 Å². The van der Waals surface area contributed by atoms with Crippen molar-refractivity contribution in [2.45, 2.75) is 13.8 Å². The highest BCUT2D eigenvalue weighted by Crippen LogP contribution is 2.22. The SMILES string of the molecule is Cc1[nH]nc(NC(=O)/C=C/c2ccc(Cl)cc2Cl)c1C. The predicted octanol–water partition coefficient (Wildman–Crippen LogP) is 3.99. The molecule has 0 aliphatic carbocycles. The van der Waals surface area contributed by atoms with E-state index in [1.165, 1.54) is 6.08 Å². The lowest BCUT2D eigenvalue weighted by Crippen LogP contribution is -2.09. The molecule has 20 heavy (non-hydrogen) atoms. The van der Waals surface area contributed by atoms with Crippen molar-refractivity contribution in [1.82, 2.24) is 10.2 Å². The largest absolute Gasteiger partial charge is 0.305 e. The second-order valence-corrected chi connectivity index (χ2v) is 5.15. The van der Waals surface area contributed by atoms with Crippen molar-refractivity contribution in [3.8, 4) is 0 Å². The van der Waals surface area contributed by atoms with Gasteiger partial charge in [-0.2, -0.15) is 5.10 Å². The molecule has 0 spiro atoms. The fourth-order valence-electron chi connectivity index (χ4n) is 1.57. The molecule has 0 unspecified atom stereocenters. The maximum atomic E-state index is 11.8. The van der Waals surface area contributed by atoms with Gasteiger partial charge in [-0.05, 0) is 37.6 Å². The Hall–Kier alpha value is -1.78. The van der Waals surface area contributed by atoms with Crippen LogP contribution in [0.25, 0.3) is 6.08 Å². The number of hydrogen-bond donors (Lipinski definition) is 2. The summed E-state index contributed by atoms with van der Waals surface area (Å²) in [7, 11) is 0. The molecule has 2 rings (SSSR count). The van der Waals surface area contributed by atoms with Crippen LogP contribution in [0.2, 0.25) is 10.0 Å². The molecule has 0 bridgehead atoms. The van der Waals surface area contributed by atoms with Gasteiger partial charge in [0.25, 0.3) is 0 Å². The van der Waals surface area contributed by atoms with E-state index in [1.807, 2.05) is 13.8 Å². The lowest BCUT2D eigenvalue weighted by Gasteiger charge is -2.00. The Morgan fingerprint density at radius 2 is 2.10 bits per heavy atom. The number of carbonyl (C=O) groups excluding carboxylic acids is 1. The normalized spacial score (nSPS) is 11.0. The van der Waals surface area contributed by atoms with Crippen LogP contribution in [0.15, 0.2) is 24.3 Å². The zero-order valence-electron chi connectivity index (χ0n) is 11.0. The predicted molar refractivity (Wildman–Crippen MR) is 82.2 cm³/mol. The van der Waals surface area contributed by atoms with Gasteiger partial charge in [0.1, 0.15) is 0 Å². The van der Waals surface area contributed by atoms with E-state index in [4.69, 9.17) is 23.2 Å². The van der Waals surface area contributed by atoms with Crippen molar-refractivity contribution in [1.29, 1.82) is 0 Å². The van der Waals surface area contributed by atoms with Crippen LogP contribution >= 0.6 is 23.2 Å². The second kappa shape index (κ2) is 6.11. The molecule has 1 aromatic heterocycles. The van der Waals surface area contributed by atoms with E-state index >= 15 is 0 Å². The number of hydrogen-bond acceptors (Lipinski definition) is 2. The lowest BCUT2D eigenvalue weighted by molar-refractivity contribution is -0.111. The zero-order chi connectivity index (χ0) is 14.7. The van der Waals surface area contributed by atoms with Gasteiger partial charge >= 0.3 is 0 Å². The van der Waals surface area contributed by atoms with Crippen LogP contribution in [-0.2, 0) is 4.79 Å². The van der Waals surface area contributed by atoms with Crippen LogP contribution in [0.5, 0.6) is 0 Å². The molecule has 0 saturated carbocycles. The van der Waals surface area contributed by atoms with E-state index in [0.29, 0.717) is 15.9 Å². The number of rotatable bonds is 3. The average molecular weight is 310 g/mol. The fraction of sp³-hybridized carbons (Fsp3) is 0.143. The quantitative estimate of drug-likeness (QED) is 0.842. The number of aryl methyl sites for hydroxylation is 1. The van der Waals surface area contributed by atoms with Crippen molar-refractivity contribution in [2.75, 3.05) is 5.32 Å². The number of halogens is 2. The van der Waals surface area contributed by atoms with Gasteiger partial charge in [0.05, 0.1) is 0 Å². The molecule has 0 aliphatic heterocycles. The van der Waals surface area contributed by atoms with E-state index in [1.54, 1.807) is 24.3 Å². The van der Waals surface area contributed by atoms with Crippen LogP contribution in [0.1, 0.15) is 16.8 Å². The summed E-state index contributed by atoms with van der Waals surface area (Å²) < 4.78 is 0. The van der Waals surface area contributed by atoms with E-state index in [9.17, 15) is 4.79 Å². The molecule has 104 valence electrons. The molecule has 0 saturated heterocycles. The van der Waals surface area contributed by atoms with Gasteiger partial charge in [-0.3, -0.25) is 9.89 Å². The Bertz CT molecular complexity index is 677. The fourth-order valence-corrected chi connectivity index (χ4v) is 2.04. The molecule has 0 atom stereocenters. The smallest absolute Gasteiger partial charge is 0.249 e. The third-order valence-electron chi connectivity index (χ3n) is 2.87. The number of nitrogens with zero attached hydrogens (tertiary/aromatic N) is 1. The Balaban J connectivity index is 2.08. The van der Waals surface area contributed by atoms with Crippen molar-refractivity contribution in [2.24, 2.45) is 0 Å². The molecule has 2 aromatic rings. The number of nitrogens with one attached hydrogen (secondary N) is 2. The third kappa shape index (κ3) is 3.40. The standard InChI is InChI=1S/C14H13Cl2N3O/c1-8-9(2)18-19-14(8)17-13(20)6-4-10-3-5-11(15)7-12(10)16/h3-7H,1-2H3,(H2,17,18,19,20)/b6-4+. The average Bonchev–Trinajstić information content (AvgIpc) is 2.70.